The van der Waals surface area contributed by atoms with E-state index >= 15 is 0 Å². The van der Waals surface area contributed by atoms with Crippen molar-refractivity contribution in [2.45, 2.75) is 65.0 Å². The Labute approximate surface area is 133 Å². The lowest BCUT2D eigenvalue weighted by molar-refractivity contribution is -0.170. The summed E-state index contributed by atoms with van der Waals surface area (Å²) in [5.41, 5.74) is -2.04. The van der Waals surface area contributed by atoms with Gasteiger partial charge in [0.1, 0.15) is 11.9 Å². The van der Waals surface area contributed by atoms with Gasteiger partial charge in [-0.05, 0) is 39.5 Å². The predicted molar refractivity (Wildman–Crippen MR) is 84.0 cm³/mol. The number of hydrogen-bond acceptors (Lipinski definition) is 5. The Hall–Kier alpha value is -1.41. The minimum atomic E-state index is -1.38. The van der Waals surface area contributed by atoms with Crippen LogP contribution in [-0.4, -0.2) is 41.4 Å². The topological polar surface area (TPSA) is 70.4 Å². The van der Waals surface area contributed by atoms with Crippen molar-refractivity contribution in [3.8, 4) is 6.07 Å². The third-order valence-corrected chi connectivity index (χ3v) is 4.18. The number of hydrogen-bond donors (Lipinski definition) is 0. The fraction of sp³-hybridized carbons (Fsp3) is 0.824. The molecule has 1 rings (SSSR count). The summed E-state index contributed by atoms with van der Waals surface area (Å²) in [6, 6.07) is 2.24. The molecule has 1 heterocycles. The highest BCUT2D eigenvalue weighted by Gasteiger charge is 2.54. The number of ether oxygens (including phenoxy) is 1. The van der Waals surface area contributed by atoms with Crippen LogP contribution in [0.2, 0.25) is 0 Å². The van der Waals surface area contributed by atoms with Crippen LogP contribution in [0.25, 0.3) is 0 Å². The second-order valence-electron chi connectivity index (χ2n) is 7.33. The van der Waals surface area contributed by atoms with Crippen molar-refractivity contribution >= 4 is 12.3 Å². The largest absolute Gasteiger partial charge is 0.458 e. The van der Waals surface area contributed by atoms with E-state index in [1.165, 1.54) is 0 Å². The number of rotatable bonds is 6. The van der Waals surface area contributed by atoms with Gasteiger partial charge < -0.3 is 9.53 Å². The van der Waals surface area contributed by atoms with E-state index in [0.29, 0.717) is 13.1 Å². The lowest BCUT2D eigenvalue weighted by Crippen LogP contribution is -2.60. The molecule has 2 atom stereocenters. The van der Waals surface area contributed by atoms with Crippen LogP contribution in [0.5, 0.6) is 0 Å². The van der Waals surface area contributed by atoms with Crippen molar-refractivity contribution in [1.29, 1.82) is 5.26 Å². The quantitative estimate of drug-likeness (QED) is 0.557. The smallest absolute Gasteiger partial charge is 0.342 e. The summed E-state index contributed by atoms with van der Waals surface area (Å²) < 4.78 is 5.56. The van der Waals surface area contributed by atoms with Crippen molar-refractivity contribution in [2.75, 3.05) is 13.1 Å². The molecule has 0 N–H and O–H groups in total. The number of nitriles is 1. The Morgan fingerprint density at radius 1 is 1.32 bits per heavy atom. The van der Waals surface area contributed by atoms with Gasteiger partial charge in [0.15, 0.2) is 0 Å². The first kappa shape index (κ1) is 18.6. The zero-order valence-electron chi connectivity index (χ0n) is 14.4. The maximum Gasteiger partial charge on any atom is 0.342 e. The molecule has 5 heteroatoms. The average Bonchev–Trinajstić information content (AvgIpc) is 2.91. The predicted octanol–water partition coefficient (Wildman–Crippen LogP) is 2.55. The fourth-order valence-corrected chi connectivity index (χ4v) is 3.17. The molecule has 0 spiro atoms. The first-order valence-corrected chi connectivity index (χ1v) is 8.02. The number of likely N-dealkylation sites (tertiary alicyclic amines) is 1. The van der Waals surface area contributed by atoms with Crippen LogP contribution in [-0.2, 0) is 14.3 Å². The highest BCUT2D eigenvalue weighted by atomic mass is 16.6. The molecule has 0 aromatic heterocycles. The summed E-state index contributed by atoms with van der Waals surface area (Å²) in [6.07, 6.45) is 2.90. The normalized spacial score (nSPS) is 20.2. The molecule has 124 valence electrons. The molecule has 0 aromatic carbocycles. The zero-order chi connectivity index (χ0) is 17.0. The minimum absolute atomic E-state index is 0.0259. The molecular formula is C17H28N2O3. The summed E-state index contributed by atoms with van der Waals surface area (Å²) in [5, 5.41) is 9.94. The number of aldehydes is 1. The van der Waals surface area contributed by atoms with Crippen LogP contribution < -0.4 is 0 Å². The van der Waals surface area contributed by atoms with Crippen molar-refractivity contribution < 1.29 is 14.3 Å². The number of carbonyl (C=O) groups excluding carboxylic acids is 2. The Morgan fingerprint density at radius 3 is 2.23 bits per heavy atom. The van der Waals surface area contributed by atoms with Gasteiger partial charge >= 0.3 is 5.97 Å². The summed E-state index contributed by atoms with van der Waals surface area (Å²) in [4.78, 5) is 26.0. The first-order chi connectivity index (χ1) is 10.2. The Morgan fingerprint density at radius 2 is 1.86 bits per heavy atom. The van der Waals surface area contributed by atoms with Crippen molar-refractivity contribution in [2.24, 2.45) is 11.8 Å². The standard InChI is InChI=1S/C17H28N2O3/c1-13(2)14(8-11-20)17(12-18,19-9-6-7-10-19)15(21)22-16(3,4)5/h11,13-14H,6-10H2,1-5H3/t14-,17?/m0/s1. The van der Waals surface area contributed by atoms with Crippen LogP contribution in [0, 0.1) is 23.2 Å². The number of nitrogens with zero attached hydrogens (tertiary/aromatic N) is 2. The Bertz CT molecular complexity index is 442. The van der Waals surface area contributed by atoms with E-state index < -0.39 is 17.1 Å². The molecule has 0 amide bonds. The van der Waals surface area contributed by atoms with E-state index in [-0.39, 0.29) is 18.3 Å². The van der Waals surface area contributed by atoms with Crippen molar-refractivity contribution in [3.05, 3.63) is 0 Å². The summed E-state index contributed by atoms with van der Waals surface area (Å²) in [5.74, 6) is -0.870. The number of esters is 1. The van der Waals surface area contributed by atoms with Crippen LogP contribution in [0.1, 0.15) is 53.9 Å². The highest BCUT2D eigenvalue weighted by molar-refractivity contribution is 5.86. The maximum absolute atomic E-state index is 12.9. The SMILES string of the molecule is CC(C)[C@H](CC=O)C(C#N)(C(=O)OC(C)(C)C)N1CCCC1. The maximum atomic E-state index is 12.9. The van der Waals surface area contributed by atoms with Gasteiger partial charge in [0, 0.05) is 25.4 Å². The van der Waals surface area contributed by atoms with E-state index in [9.17, 15) is 14.9 Å². The summed E-state index contributed by atoms with van der Waals surface area (Å²) in [7, 11) is 0. The number of carbonyl (C=O) groups is 2. The Balaban J connectivity index is 3.31. The molecule has 1 aliphatic heterocycles. The Kier molecular flexibility index (Phi) is 6.13. The molecule has 1 saturated heterocycles. The van der Waals surface area contributed by atoms with Crippen LogP contribution in [0.15, 0.2) is 0 Å². The zero-order valence-corrected chi connectivity index (χ0v) is 14.4. The minimum Gasteiger partial charge on any atom is -0.458 e. The fourth-order valence-electron chi connectivity index (χ4n) is 3.17. The highest BCUT2D eigenvalue weighted by Crippen LogP contribution is 2.37. The average molecular weight is 308 g/mol. The van der Waals surface area contributed by atoms with Gasteiger partial charge in [-0.2, -0.15) is 5.26 Å². The molecule has 0 radical (unpaired) electrons. The lowest BCUT2D eigenvalue weighted by atomic mass is 9.74. The molecular weight excluding hydrogens is 280 g/mol. The molecule has 22 heavy (non-hydrogen) atoms. The van der Waals surface area contributed by atoms with Gasteiger partial charge in [0.05, 0.1) is 6.07 Å². The van der Waals surface area contributed by atoms with E-state index in [1.807, 2.05) is 18.7 Å². The molecule has 1 fully saturated rings. The molecule has 0 bridgehead atoms. The third kappa shape index (κ3) is 3.86. The van der Waals surface area contributed by atoms with Crippen LogP contribution >= 0.6 is 0 Å². The van der Waals surface area contributed by atoms with Gasteiger partial charge in [-0.3, -0.25) is 4.90 Å². The first-order valence-electron chi connectivity index (χ1n) is 8.02. The van der Waals surface area contributed by atoms with E-state index in [1.54, 1.807) is 20.8 Å². The monoisotopic (exact) mass is 308 g/mol. The lowest BCUT2D eigenvalue weighted by Gasteiger charge is -2.42. The molecule has 1 aliphatic rings. The van der Waals surface area contributed by atoms with E-state index in [2.05, 4.69) is 6.07 Å². The van der Waals surface area contributed by atoms with E-state index in [4.69, 9.17) is 4.74 Å². The van der Waals surface area contributed by atoms with Gasteiger partial charge in [0.25, 0.3) is 0 Å². The third-order valence-electron chi connectivity index (χ3n) is 4.18. The van der Waals surface area contributed by atoms with Gasteiger partial charge in [-0.1, -0.05) is 13.8 Å². The summed E-state index contributed by atoms with van der Waals surface area (Å²) in [6.45, 7) is 10.6. The molecule has 5 nitrogen and oxygen atoms in total. The second-order valence-corrected chi connectivity index (χ2v) is 7.33. The molecule has 0 aliphatic carbocycles. The molecule has 1 unspecified atom stereocenters. The van der Waals surface area contributed by atoms with Crippen molar-refractivity contribution in [1.82, 2.24) is 4.90 Å². The van der Waals surface area contributed by atoms with Gasteiger partial charge in [0.2, 0.25) is 5.54 Å². The van der Waals surface area contributed by atoms with Gasteiger partial charge in [-0.15, -0.1) is 0 Å². The van der Waals surface area contributed by atoms with Gasteiger partial charge in [-0.25, -0.2) is 4.79 Å². The second kappa shape index (κ2) is 7.23. The molecule has 0 aromatic rings. The van der Waals surface area contributed by atoms with Crippen LogP contribution in [0.3, 0.4) is 0 Å². The molecule has 0 saturated carbocycles. The summed E-state index contributed by atoms with van der Waals surface area (Å²) >= 11 is 0. The van der Waals surface area contributed by atoms with E-state index in [0.717, 1.165) is 19.1 Å². The van der Waals surface area contributed by atoms with Crippen LogP contribution in [0.4, 0.5) is 0 Å². The van der Waals surface area contributed by atoms with Crippen molar-refractivity contribution in [3.63, 3.8) is 0 Å².